The Hall–Kier alpha value is -2.16. The van der Waals surface area contributed by atoms with Crippen LogP contribution in [0.15, 0.2) is 0 Å². The van der Waals surface area contributed by atoms with Gasteiger partial charge in [0.1, 0.15) is 6.04 Å². The molecule has 0 spiro atoms. The van der Waals surface area contributed by atoms with Crippen LogP contribution in [0, 0.1) is 0 Å². The molecule has 0 radical (unpaired) electrons. The maximum Gasteiger partial charge on any atom is 0.326 e. The number of carboxylic acids is 2. The van der Waals surface area contributed by atoms with Crippen LogP contribution in [0.2, 0.25) is 0 Å². The summed E-state index contributed by atoms with van der Waals surface area (Å²) in [5.41, 5.74) is 5.32. The summed E-state index contributed by atoms with van der Waals surface area (Å²) in [6.45, 7) is -0.0667. The molecule has 1 fully saturated rings. The number of hydrogen-bond acceptors (Lipinski definition) is 5. The first-order valence-corrected chi connectivity index (χ1v) is 6.10. The fourth-order valence-electron chi connectivity index (χ4n) is 2.00. The molecule has 9 nitrogen and oxygen atoms in total. The molecule has 20 heavy (non-hydrogen) atoms. The first-order valence-electron chi connectivity index (χ1n) is 6.10. The van der Waals surface area contributed by atoms with Gasteiger partial charge in [-0.25, -0.2) is 4.79 Å². The average Bonchev–Trinajstić information content (AvgIpc) is 2.83. The Balaban J connectivity index is 2.45. The minimum absolute atomic E-state index is 0.326. The van der Waals surface area contributed by atoms with Crippen molar-refractivity contribution >= 4 is 23.8 Å². The largest absolute Gasteiger partial charge is 0.481 e. The van der Waals surface area contributed by atoms with Crippen molar-refractivity contribution in [2.45, 2.75) is 31.3 Å². The van der Waals surface area contributed by atoms with Crippen LogP contribution in [0.25, 0.3) is 0 Å². The number of hydrogen-bond donors (Lipinski definition) is 4. The summed E-state index contributed by atoms with van der Waals surface area (Å²) >= 11 is 0. The number of amides is 2. The third-order valence-electron chi connectivity index (χ3n) is 3.00. The highest BCUT2D eigenvalue weighted by Gasteiger charge is 2.33. The zero-order valence-corrected chi connectivity index (χ0v) is 10.7. The molecule has 1 rings (SSSR count). The molecule has 0 bridgehead atoms. The lowest BCUT2D eigenvalue weighted by molar-refractivity contribution is -0.148. The lowest BCUT2D eigenvalue weighted by atomic mass is 10.2. The van der Waals surface area contributed by atoms with Crippen LogP contribution in [0.1, 0.15) is 19.3 Å². The van der Waals surface area contributed by atoms with E-state index in [2.05, 4.69) is 5.32 Å². The molecule has 2 amide bonds. The summed E-state index contributed by atoms with van der Waals surface area (Å²) in [5, 5.41) is 19.6. The fourth-order valence-corrected chi connectivity index (χ4v) is 2.00. The molecule has 0 saturated carbocycles. The number of carbonyl (C=O) groups is 4. The zero-order valence-electron chi connectivity index (χ0n) is 10.7. The summed E-state index contributed by atoms with van der Waals surface area (Å²) in [4.78, 5) is 45.7. The van der Waals surface area contributed by atoms with Gasteiger partial charge in [0, 0.05) is 6.54 Å². The number of nitrogens with one attached hydrogen (secondary N) is 1. The normalized spacial score (nSPS) is 19.4. The van der Waals surface area contributed by atoms with Gasteiger partial charge < -0.3 is 26.2 Å². The van der Waals surface area contributed by atoms with Gasteiger partial charge >= 0.3 is 11.9 Å². The van der Waals surface area contributed by atoms with Crippen molar-refractivity contribution in [3.63, 3.8) is 0 Å². The van der Waals surface area contributed by atoms with Gasteiger partial charge in [0.25, 0.3) is 0 Å². The van der Waals surface area contributed by atoms with Gasteiger partial charge in [-0.1, -0.05) is 0 Å². The standard InChI is InChI=1S/C11H17N3O6/c12-6(4-9(16)17)10(18)13-5-8(15)14-3-1-2-7(14)11(19)20/h6-7H,1-5,12H2,(H,13,18)(H,16,17)(H,19,20)/t6-,7+/m0/s1. The molecule has 1 heterocycles. The van der Waals surface area contributed by atoms with Crippen molar-refractivity contribution in [2.75, 3.05) is 13.1 Å². The van der Waals surface area contributed by atoms with Gasteiger partial charge in [-0.15, -0.1) is 0 Å². The van der Waals surface area contributed by atoms with Crippen molar-refractivity contribution in [1.29, 1.82) is 0 Å². The molecule has 0 aromatic rings. The minimum atomic E-state index is -1.24. The highest BCUT2D eigenvalue weighted by molar-refractivity contribution is 5.91. The number of nitrogens with zero attached hydrogens (tertiary/aromatic N) is 1. The van der Waals surface area contributed by atoms with Crippen LogP contribution in [-0.2, 0) is 19.2 Å². The first-order chi connectivity index (χ1) is 9.32. The quantitative estimate of drug-likeness (QED) is 0.440. The van der Waals surface area contributed by atoms with Crippen molar-refractivity contribution in [1.82, 2.24) is 10.2 Å². The van der Waals surface area contributed by atoms with Gasteiger partial charge in [-0.2, -0.15) is 0 Å². The van der Waals surface area contributed by atoms with Crippen LogP contribution in [0.5, 0.6) is 0 Å². The van der Waals surface area contributed by atoms with E-state index in [1.807, 2.05) is 0 Å². The number of nitrogens with two attached hydrogens (primary N) is 1. The number of rotatable bonds is 6. The van der Waals surface area contributed by atoms with Crippen molar-refractivity contribution in [3.8, 4) is 0 Å². The van der Waals surface area contributed by atoms with Gasteiger partial charge in [-0.05, 0) is 12.8 Å². The van der Waals surface area contributed by atoms with E-state index in [4.69, 9.17) is 15.9 Å². The van der Waals surface area contributed by atoms with Gasteiger partial charge in [-0.3, -0.25) is 14.4 Å². The molecule has 0 aromatic heterocycles. The van der Waals surface area contributed by atoms with Crippen molar-refractivity contribution in [3.05, 3.63) is 0 Å². The van der Waals surface area contributed by atoms with E-state index < -0.39 is 48.8 Å². The summed E-state index contributed by atoms with van der Waals surface area (Å²) in [6, 6.07) is -2.11. The SMILES string of the molecule is N[C@@H](CC(=O)O)C(=O)NCC(=O)N1CCC[C@@H]1C(=O)O. The molecule has 0 aromatic carbocycles. The maximum absolute atomic E-state index is 11.8. The zero-order chi connectivity index (χ0) is 15.3. The second-order valence-electron chi connectivity index (χ2n) is 4.51. The highest BCUT2D eigenvalue weighted by atomic mass is 16.4. The molecule has 1 aliphatic heterocycles. The summed E-state index contributed by atoms with van der Waals surface area (Å²) in [5.74, 6) is -3.58. The molecule has 112 valence electrons. The summed E-state index contributed by atoms with van der Waals surface area (Å²) < 4.78 is 0. The van der Waals surface area contributed by atoms with E-state index in [1.54, 1.807) is 0 Å². The van der Waals surface area contributed by atoms with E-state index in [9.17, 15) is 19.2 Å². The van der Waals surface area contributed by atoms with Crippen LogP contribution in [0.3, 0.4) is 0 Å². The van der Waals surface area contributed by atoms with E-state index in [0.29, 0.717) is 19.4 Å². The van der Waals surface area contributed by atoms with Gasteiger partial charge in [0.15, 0.2) is 0 Å². The maximum atomic E-state index is 11.8. The molecule has 0 unspecified atom stereocenters. The molecule has 5 N–H and O–H groups in total. The van der Waals surface area contributed by atoms with E-state index in [0.717, 1.165) is 0 Å². The van der Waals surface area contributed by atoms with Crippen molar-refractivity contribution in [2.24, 2.45) is 5.73 Å². The minimum Gasteiger partial charge on any atom is -0.481 e. The topological polar surface area (TPSA) is 150 Å². The monoisotopic (exact) mass is 287 g/mol. The lowest BCUT2D eigenvalue weighted by Crippen LogP contribution is -2.48. The number of aliphatic carboxylic acids is 2. The van der Waals surface area contributed by atoms with Crippen LogP contribution >= 0.6 is 0 Å². The van der Waals surface area contributed by atoms with E-state index in [1.165, 1.54) is 4.90 Å². The smallest absolute Gasteiger partial charge is 0.326 e. The molecule has 1 saturated heterocycles. The molecule has 0 aliphatic carbocycles. The van der Waals surface area contributed by atoms with Crippen LogP contribution in [0.4, 0.5) is 0 Å². The Labute approximate surface area is 114 Å². The average molecular weight is 287 g/mol. The van der Waals surface area contributed by atoms with Gasteiger partial charge in [0.2, 0.25) is 11.8 Å². The fraction of sp³-hybridized carbons (Fsp3) is 0.636. The number of carboxylic acid groups (broad SMARTS) is 2. The predicted octanol–water partition coefficient (Wildman–Crippen LogP) is -2.02. The second kappa shape index (κ2) is 6.85. The highest BCUT2D eigenvalue weighted by Crippen LogP contribution is 2.17. The Morgan fingerprint density at radius 1 is 1.30 bits per heavy atom. The first kappa shape index (κ1) is 15.9. The lowest BCUT2D eigenvalue weighted by Gasteiger charge is -2.21. The Morgan fingerprint density at radius 2 is 1.95 bits per heavy atom. The third kappa shape index (κ3) is 4.19. The molecule has 1 aliphatic rings. The van der Waals surface area contributed by atoms with Crippen molar-refractivity contribution < 1.29 is 29.4 Å². The number of carbonyl (C=O) groups excluding carboxylic acids is 2. The summed E-state index contributed by atoms with van der Waals surface area (Å²) in [6.07, 6.45) is 0.435. The van der Waals surface area contributed by atoms with Crippen LogP contribution in [-0.4, -0.2) is 64.0 Å². The third-order valence-corrected chi connectivity index (χ3v) is 3.00. The Morgan fingerprint density at radius 3 is 2.50 bits per heavy atom. The predicted molar refractivity (Wildman–Crippen MR) is 65.6 cm³/mol. The van der Waals surface area contributed by atoms with E-state index in [-0.39, 0.29) is 0 Å². The summed E-state index contributed by atoms with van der Waals surface area (Å²) in [7, 11) is 0. The Kier molecular flexibility index (Phi) is 5.44. The second-order valence-corrected chi connectivity index (χ2v) is 4.51. The molecular formula is C11H17N3O6. The van der Waals surface area contributed by atoms with Gasteiger partial charge in [0.05, 0.1) is 19.0 Å². The van der Waals surface area contributed by atoms with Crippen LogP contribution < -0.4 is 11.1 Å². The number of likely N-dealkylation sites (tertiary alicyclic amines) is 1. The Bertz CT molecular complexity index is 424. The molecular weight excluding hydrogens is 270 g/mol. The molecule has 2 atom stereocenters. The molecule has 9 heteroatoms. The van der Waals surface area contributed by atoms with E-state index >= 15 is 0 Å².